The highest BCUT2D eigenvalue weighted by Crippen LogP contribution is 2.27. The van der Waals surface area contributed by atoms with Crippen LogP contribution in [0.3, 0.4) is 0 Å². The summed E-state index contributed by atoms with van der Waals surface area (Å²) in [6.07, 6.45) is -4.70. The van der Waals surface area contributed by atoms with Gasteiger partial charge in [0.2, 0.25) is 0 Å². The van der Waals surface area contributed by atoms with Gasteiger partial charge in [-0.25, -0.2) is 0 Å². The Bertz CT molecular complexity index is 245. The zero-order chi connectivity index (χ0) is 13.1. The summed E-state index contributed by atoms with van der Waals surface area (Å²) in [5.41, 5.74) is -0.163. The molecule has 1 N–H and O–H groups in total. The van der Waals surface area contributed by atoms with E-state index in [0.29, 0.717) is 6.54 Å². The van der Waals surface area contributed by atoms with E-state index in [9.17, 15) is 18.0 Å². The Hall–Kier alpha value is -0.780. The van der Waals surface area contributed by atoms with Crippen LogP contribution in [-0.4, -0.2) is 42.3 Å². The van der Waals surface area contributed by atoms with Crippen molar-refractivity contribution in [2.24, 2.45) is 11.3 Å². The van der Waals surface area contributed by atoms with Crippen molar-refractivity contribution in [2.45, 2.75) is 26.9 Å². The number of nitrogens with zero attached hydrogens (tertiary/aromatic N) is 1. The smallest absolute Gasteiger partial charge is 0.403 e. The molecule has 96 valence electrons. The molecule has 0 amide bonds. The zero-order valence-electron chi connectivity index (χ0n) is 9.93. The first-order valence-electron chi connectivity index (χ1n) is 4.91. The van der Waals surface area contributed by atoms with Gasteiger partial charge < -0.3 is 10.0 Å². The molecule has 0 aromatic heterocycles. The van der Waals surface area contributed by atoms with E-state index >= 15 is 0 Å². The molecule has 16 heavy (non-hydrogen) atoms. The Morgan fingerprint density at radius 3 is 2.00 bits per heavy atom. The standard InChI is InChI=1S/C10H18F3NO2/c1-9(2,3)6-14(4)5-7(8(15)16)10(11,12)13/h7H,5-6H2,1-4H3,(H,15,16). The number of carboxylic acid groups (broad SMARTS) is 1. The highest BCUT2D eigenvalue weighted by molar-refractivity contribution is 5.71. The van der Waals surface area contributed by atoms with E-state index in [1.165, 1.54) is 11.9 Å². The molecule has 0 saturated carbocycles. The summed E-state index contributed by atoms with van der Waals surface area (Å²) in [5.74, 6) is -4.15. The van der Waals surface area contributed by atoms with E-state index in [1.807, 2.05) is 20.8 Å². The summed E-state index contributed by atoms with van der Waals surface area (Å²) < 4.78 is 37.1. The summed E-state index contributed by atoms with van der Waals surface area (Å²) >= 11 is 0. The number of carbonyl (C=O) groups is 1. The van der Waals surface area contributed by atoms with Crippen molar-refractivity contribution in [1.82, 2.24) is 4.90 Å². The molecule has 0 radical (unpaired) electrons. The van der Waals surface area contributed by atoms with Gasteiger partial charge in [0, 0.05) is 13.1 Å². The normalized spacial score (nSPS) is 15.2. The molecule has 0 aliphatic heterocycles. The van der Waals surface area contributed by atoms with Crippen LogP contribution in [0.2, 0.25) is 0 Å². The van der Waals surface area contributed by atoms with E-state index in [0.717, 1.165) is 0 Å². The Labute approximate surface area is 93.2 Å². The van der Waals surface area contributed by atoms with Crippen molar-refractivity contribution in [3.05, 3.63) is 0 Å². The van der Waals surface area contributed by atoms with Crippen LogP contribution in [0.1, 0.15) is 20.8 Å². The molecular formula is C10H18F3NO2. The molecule has 1 unspecified atom stereocenters. The van der Waals surface area contributed by atoms with Gasteiger partial charge >= 0.3 is 12.1 Å². The highest BCUT2D eigenvalue weighted by atomic mass is 19.4. The third kappa shape index (κ3) is 5.95. The highest BCUT2D eigenvalue weighted by Gasteiger charge is 2.45. The number of hydrogen-bond donors (Lipinski definition) is 1. The summed E-state index contributed by atoms with van der Waals surface area (Å²) in [6, 6.07) is 0. The Kier molecular flexibility index (Phi) is 4.79. The molecule has 0 aromatic carbocycles. The van der Waals surface area contributed by atoms with Gasteiger partial charge in [-0.05, 0) is 12.5 Å². The molecule has 6 heteroatoms. The molecule has 0 bridgehead atoms. The van der Waals surface area contributed by atoms with Crippen LogP contribution in [0.4, 0.5) is 13.2 Å². The molecule has 1 atom stereocenters. The molecule has 0 aliphatic carbocycles. The maximum absolute atomic E-state index is 12.4. The Morgan fingerprint density at radius 1 is 1.31 bits per heavy atom. The third-order valence-electron chi connectivity index (χ3n) is 1.93. The van der Waals surface area contributed by atoms with Gasteiger partial charge in [0.15, 0.2) is 5.92 Å². The number of rotatable bonds is 4. The molecule has 0 rings (SSSR count). The average Bonchev–Trinajstić information content (AvgIpc) is 1.93. The topological polar surface area (TPSA) is 40.5 Å². The van der Waals surface area contributed by atoms with Crippen molar-refractivity contribution in [3.63, 3.8) is 0 Å². The van der Waals surface area contributed by atoms with E-state index in [4.69, 9.17) is 5.11 Å². The summed E-state index contributed by atoms with van der Waals surface area (Å²) in [7, 11) is 1.49. The van der Waals surface area contributed by atoms with E-state index in [-0.39, 0.29) is 5.41 Å². The second kappa shape index (κ2) is 5.03. The van der Waals surface area contributed by atoms with Crippen LogP contribution in [0.5, 0.6) is 0 Å². The average molecular weight is 241 g/mol. The first-order valence-corrected chi connectivity index (χ1v) is 4.91. The predicted molar refractivity (Wildman–Crippen MR) is 54.1 cm³/mol. The lowest BCUT2D eigenvalue weighted by molar-refractivity contribution is -0.196. The van der Waals surface area contributed by atoms with Crippen molar-refractivity contribution in [1.29, 1.82) is 0 Å². The monoisotopic (exact) mass is 241 g/mol. The molecule has 0 saturated heterocycles. The minimum Gasteiger partial charge on any atom is -0.481 e. The molecule has 0 fully saturated rings. The molecule has 0 spiro atoms. The van der Waals surface area contributed by atoms with Crippen molar-refractivity contribution in [2.75, 3.05) is 20.1 Å². The Balaban J connectivity index is 4.49. The third-order valence-corrected chi connectivity index (χ3v) is 1.93. The first-order chi connectivity index (χ1) is 6.93. The second-order valence-corrected chi connectivity index (χ2v) is 5.19. The van der Waals surface area contributed by atoms with Crippen LogP contribution in [0.15, 0.2) is 0 Å². The number of halogens is 3. The van der Waals surface area contributed by atoms with Crippen LogP contribution in [0.25, 0.3) is 0 Å². The zero-order valence-corrected chi connectivity index (χ0v) is 9.93. The lowest BCUT2D eigenvalue weighted by Crippen LogP contribution is -2.42. The van der Waals surface area contributed by atoms with Gasteiger partial charge in [-0.1, -0.05) is 20.8 Å². The summed E-state index contributed by atoms with van der Waals surface area (Å²) in [5, 5.41) is 8.51. The van der Waals surface area contributed by atoms with Crippen molar-refractivity contribution >= 4 is 5.97 Å². The van der Waals surface area contributed by atoms with Gasteiger partial charge in [0.05, 0.1) is 0 Å². The fourth-order valence-corrected chi connectivity index (χ4v) is 1.51. The number of alkyl halides is 3. The predicted octanol–water partition coefficient (Wildman–Crippen LogP) is 2.23. The molecule has 0 aromatic rings. The number of hydrogen-bond acceptors (Lipinski definition) is 2. The fraction of sp³-hybridized carbons (Fsp3) is 0.900. The van der Waals surface area contributed by atoms with Gasteiger partial charge in [0.1, 0.15) is 0 Å². The van der Waals surface area contributed by atoms with E-state index in [1.54, 1.807) is 0 Å². The summed E-state index contributed by atoms with van der Waals surface area (Å²) in [4.78, 5) is 11.9. The number of aliphatic carboxylic acids is 1. The van der Waals surface area contributed by atoms with Crippen LogP contribution < -0.4 is 0 Å². The minimum absolute atomic E-state index is 0.163. The van der Waals surface area contributed by atoms with Crippen molar-refractivity contribution in [3.8, 4) is 0 Å². The lowest BCUT2D eigenvalue weighted by atomic mass is 9.95. The summed E-state index contributed by atoms with van der Waals surface area (Å²) in [6.45, 7) is 5.54. The van der Waals surface area contributed by atoms with Gasteiger partial charge in [-0.15, -0.1) is 0 Å². The van der Waals surface area contributed by atoms with Crippen LogP contribution in [-0.2, 0) is 4.79 Å². The largest absolute Gasteiger partial charge is 0.481 e. The van der Waals surface area contributed by atoms with Gasteiger partial charge in [-0.2, -0.15) is 13.2 Å². The quantitative estimate of drug-likeness (QED) is 0.820. The first kappa shape index (κ1) is 15.2. The van der Waals surface area contributed by atoms with Crippen molar-refractivity contribution < 1.29 is 23.1 Å². The van der Waals surface area contributed by atoms with Crippen LogP contribution in [0, 0.1) is 11.3 Å². The van der Waals surface area contributed by atoms with E-state index in [2.05, 4.69) is 0 Å². The molecule has 3 nitrogen and oxygen atoms in total. The lowest BCUT2D eigenvalue weighted by Gasteiger charge is -2.29. The van der Waals surface area contributed by atoms with Gasteiger partial charge in [-0.3, -0.25) is 4.79 Å². The molecule has 0 heterocycles. The SMILES string of the molecule is CN(CC(C(=O)O)C(F)(F)F)CC(C)(C)C. The maximum Gasteiger partial charge on any atom is 0.403 e. The van der Waals surface area contributed by atoms with Gasteiger partial charge in [0.25, 0.3) is 0 Å². The fourth-order valence-electron chi connectivity index (χ4n) is 1.51. The molecule has 0 aliphatic rings. The second-order valence-electron chi connectivity index (χ2n) is 5.19. The van der Waals surface area contributed by atoms with E-state index < -0.39 is 24.6 Å². The Morgan fingerprint density at radius 2 is 1.75 bits per heavy atom. The van der Waals surface area contributed by atoms with Crippen LogP contribution >= 0.6 is 0 Å². The minimum atomic E-state index is -4.70. The molecular weight excluding hydrogens is 223 g/mol. The maximum atomic E-state index is 12.4. The number of carboxylic acids is 1.